The molecule has 3 aromatic rings. The molecule has 0 saturated carbocycles. The predicted molar refractivity (Wildman–Crippen MR) is 162 cm³/mol. The summed E-state index contributed by atoms with van der Waals surface area (Å²) < 4.78 is 50.4. The maximum atomic E-state index is 14.1. The van der Waals surface area contributed by atoms with E-state index >= 15 is 0 Å². The second-order valence-electron chi connectivity index (χ2n) is 11.0. The third-order valence-electron chi connectivity index (χ3n) is 7.89. The monoisotopic (exact) mass is 587 g/mol. The van der Waals surface area contributed by atoms with Crippen molar-refractivity contribution in [3.8, 4) is 5.75 Å². The maximum absolute atomic E-state index is 14.1. The molecule has 0 spiro atoms. The van der Waals surface area contributed by atoms with Crippen molar-refractivity contribution in [3.63, 3.8) is 0 Å². The van der Waals surface area contributed by atoms with Gasteiger partial charge in [0.2, 0.25) is 9.84 Å². The number of piperidine rings is 1. The lowest BCUT2D eigenvalue weighted by Crippen LogP contribution is -2.49. The highest BCUT2D eigenvalue weighted by molar-refractivity contribution is 8.28. The summed E-state index contributed by atoms with van der Waals surface area (Å²) >= 11 is 0. The number of benzene rings is 2. The van der Waals surface area contributed by atoms with Crippen LogP contribution in [0.3, 0.4) is 0 Å². The lowest BCUT2D eigenvalue weighted by atomic mass is 10.0. The molecule has 218 valence electrons. The molecular formula is C30H41N3O5S2. The van der Waals surface area contributed by atoms with E-state index in [1.807, 2.05) is 30.7 Å². The summed E-state index contributed by atoms with van der Waals surface area (Å²) in [5, 5.41) is 0.762. The van der Waals surface area contributed by atoms with Crippen LogP contribution < -0.4 is 9.64 Å². The zero-order valence-corrected chi connectivity index (χ0v) is 25.3. The van der Waals surface area contributed by atoms with Crippen molar-refractivity contribution in [2.75, 3.05) is 63.4 Å². The highest BCUT2D eigenvalue weighted by Crippen LogP contribution is 2.47. The van der Waals surface area contributed by atoms with Gasteiger partial charge in [-0.1, -0.05) is 13.3 Å². The van der Waals surface area contributed by atoms with Crippen LogP contribution in [0.1, 0.15) is 32.6 Å². The Kier molecular flexibility index (Phi) is 8.92. The number of pyridine rings is 1. The molecule has 0 aliphatic carbocycles. The fraction of sp³-hybridized carbons (Fsp3) is 0.500. The van der Waals surface area contributed by atoms with Crippen molar-refractivity contribution in [2.24, 2.45) is 0 Å². The molecule has 0 unspecified atom stereocenters. The average molecular weight is 588 g/mol. The minimum atomic E-state index is -3.88. The molecule has 40 heavy (non-hydrogen) atoms. The van der Waals surface area contributed by atoms with E-state index in [0.717, 1.165) is 80.9 Å². The van der Waals surface area contributed by atoms with Gasteiger partial charge in [0.25, 0.3) is 0 Å². The minimum absolute atomic E-state index is 0.201. The second kappa shape index (κ2) is 12.2. The van der Waals surface area contributed by atoms with Crippen LogP contribution in [0, 0.1) is 0 Å². The number of fused-ring (bicyclic) bond motifs is 1. The Morgan fingerprint density at radius 1 is 1.00 bits per heavy atom. The van der Waals surface area contributed by atoms with Crippen molar-refractivity contribution >= 4 is 36.7 Å². The number of nitrogens with zero attached hydrogens (tertiary/aromatic N) is 3. The molecule has 0 radical (unpaired) electrons. The molecule has 2 aliphatic rings. The first-order valence-electron chi connectivity index (χ1n) is 14.1. The molecule has 1 aromatic heterocycles. The number of hydrogen-bond donors (Lipinski definition) is 1. The van der Waals surface area contributed by atoms with Gasteiger partial charge in [-0.25, -0.2) is 8.42 Å². The van der Waals surface area contributed by atoms with Gasteiger partial charge in [-0.2, -0.15) is 0 Å². The normalized spacial score (nSPS) is 18.2. The first kappa shape index (κ1) is 29.1. The predicted octanol–water partition coefficient (Wildman–Crippen LogP) is 5.44. The summed E-state index contributed by atoms with van der Waals surface area (Å²) in [6, 6.07) is 12.9. The smallest absolute Gasteiger partial charge is 0.210 e. The quantitative estimate of drug-likeness (QED) is 0.331. The number of rotatable bonds is 9. The molecule has 8 nitrogen and oxygen atoms in total. The average Bonchev–Trinajstić information content (AvgIpc) is 2.97. The number of morpholine rings is 1. The number of ether oxygens (including phenoxy) is 2. The van der Waals surface area contributed by atoms with Crippen LogP contribution in [0.5, 0.6) is 5.75 Å². The molecule has 1 N–H and O–H groups in total. The highest BCUT2D eigenvalue weighted by atomic mass is 32.3. The topological polar surface area (TPSA) is 92.2 Å². The summed E-state index contributed by atoms with van der Waals surface area (Å²) in [6.45, 7) is 7.61. The van der Waals surface area contributed by atoms with E-state index < -0.39 is 20.1 Å². The van der Waals surface area contributed by atoms with E-state index in [1.165, 1.54) is 6.20 Å². The maximum Gasteiger partial charge on any atom is 0.210 e. The van der Waals surface area contributed by atoms with E-state index in [2.05, 4.69) is 21.7 Å². The number of sulfone groups is 1. The third-order valence-corrected chi connectivity index (χ3v) is 11.1. The van der Waals surface area contributed by atoms with Crippen LogP contribution in [0.25, 0.3) is 10.9 Å². The molecule has 5 rings (SSSR count). The number of aromatic nitrogens is 1. The van der Waals surface area contributed by atoms with Gasteiger partial charge >= 0.3 is 0 Å². The van der Waals surface area contributed by atoms with E-state index in [9.17, 15) is 13.0 Å². The Labute approximate surface area is 239 Å². The van der Waals surface area contributed by atoms with Crippen molar-refractivity contribution in [1.82, 2.24) is 9.88 Å². The van der Waals surface area contributed by atoms with Crippen molar-refractivity contribution in [3.05, 3.63) is 48.7 Å². The van der Waals surface area contributed by atoms with Gasteiger partial charge < -0.3 is 18.9 Å². The van der Waals surface area contributed by atoms with Crippen LogP contribution in [0.4, 0.5) is 5.69 Å². The van der Waals surface area contributed by atoms with Crippen LogP contribution in [0.2, 0.25) is 0 Å². The van der Waals surface area contributed by atoms with Crippen LogP contribution >= 0.6 is 10.3 Å². The highest BCUT2D eigenvalue weighted by Gasteiger charge is 2.31. The standard InChI is InChI=1S/C30H41N3O5S2/c1-4-5-18-38-24-6-8-25(9-7-24)40(35,36)29-22-31-28-11-10-26(39(2,3)34)21-27(28)30(29)33-14-12-23(13-15-33)32-16-19-37-20-17-32/h6-11,21-23,34H,4-5,12-20H2,1-3H3. The second-order valence-corrected chi connectivity index (χ2v) is 15.9. The molecule has 0 atom stereocenters. The molecule has 2 fully saturated rings. The molecule has 3 heterocycles. The largest absolute Gasteiger partial charge is 0.494 e. The van der Waals surface area contributed by atoms with E-state index in [-0.39, 0.29) is 9.79 Å². The molecule has 0 bridgehead atoms. The van der Waals surface area contributed by atoms with Crippen LogP contribution in [0.15, 0.2) is 63.3 Å². The first-order valence-corrected chi connectivity index (χ1v) is 18.0. The Morgan fingerprint density at radius 2 is 1.68 bits per heavy atom. The molecule has 2 saturated heterocycles. The van der Waals surface area contributed by atoms with E-state index in [1.54, 1.807) is 24.3 Å². The summed E-state index contributed by atoms with van der Waals surface area (Å²) in [5.74, 6) is 0.659. The number of anilines is 1. The summed E-state index contributed by atoms with van der Waals surface area (Å²) in [5.41, 5.74) is 1.40. The van der Waals surface area contributed by atoms with Gasteiger partial charge in [0.05, 0.1) is 35.9 Å². The summed E-state index contributed by atoms with van der Waals surface area (Å²) in [6.07, 6.45) is 9.02. The molecule has 2 aromatic carbocycles. The number of unbranched alkanes of at least 4 members (excludes halogenated alkanes) is 1. The first-order chi connectivity index (χ1) is 19.2. The Balaban J connectivity index is 1.53. The lowest BCUT2D eigenvalue weighted by Gasteiger charge is -2.41. The van der Waals surface area contributed by atoms with Gasteiger partial charge in [0.15, 0.2) is 0 Å². The molecular weight excluding hydrogens is 546 g/mol. The van der Waals surface area contributed by atoms with Gasteiger partial charge in [-0.15, -0.1) is 10.3 Å². The van der Waals surface area contributed by atoms with E-state index in [4.69, 9.17) is 9.47 Å². The van der Waals surface area contributed by atoms with Gasteiger partial charge in [-0.3, -0.25) is 9.88 Å². The van der Waals surface area contributed by atoms with Crippen LogP contribution in [-0.4, -0.2) is 87.4 Å². The zero-order valence-electron chi connectivity index (χ0n) is 23.7. The molecule has 10 heteroatoms. The Bertz CT molecular complexity index is 1410. The number of hydrogen-bond acceptors (Lipinski definition) is 8. The Morgan fingerprint density at radius 3 is 2.33 bits per heavy atom. The zero-order chi connectivity index (χ0) is 28.3. The van der Waals surface area contributed by atoms with Gasteiger partial charge in [-0.05, 0) is 74.2 Å². The summed E-state index contributed by atoms with van der Waals surface area (Å²) in [7, 11) is -5.89. The molecule has 0 amide bonds. The molecule has 2 aliphatic heterocycles. The van der Waals surface area contributed by atoms with Crippen molar-refractivity contribution in [1.29, 1.82) is 0 Å². The van der Waals surface area contributed by atoms with Crippen molar-refractivity contribution in [2.45, 2.75) is 53.3 Å². The fourth-order valence-electron chi connectivity index (χ4n) is 5.55. The lowest BCUT2D eigenvalue weighted by molar-refractivity contribution is 0.0115. The summed E-state index contributed by atoms with van der Waals surface area (Å²) in [4.78, 5) is 10.5. The van der Waals surface area contributed by atoms with Crippen molar-refractivity contribution < 1.29 is 22.4 Å². The van der Waals surface area contributed by atoms with Gasteiger partial charge in [0.1, 0.15) is 10.6 Å². The SMILES string of the molecule is CCCCOc1ccc(S(=O)(=O)c2cnc3ccc(S(C)(C)O)cc3c2N2CCC(N3CCOCC3)CC2)cc1. The van der Waals surface area contributed by atoms with E-state index in [0.29, 0.717) is 24.1 Å². The fourth-order valence-corrected chi connectivity index (χ4v) is 7.79. The minimum Gasteiger partial charge on any atom is -0.494 e. The Hall–Kier alpha value is -2.37. The van der Waals surface area contributed by atoms with Crippen LogP contribution in [-0.2, 0) is 14.6 Å². The third kappa shape index (κ3) is 6.26. The van der Waals surface area contributed by atoms with Gasteiger partial charge in [0, 0.05) is 48.7 Å².